The summed E-state index contributed by atoms with van der Waals surface area (Å²) in [5.74, 6) is 1.42. The first-order valence-corrected chi connectivity index (χ1v) is 15.6. The highest BCUT2D eigenvalue weighted by molar-refractivity contribution is 6.31. The third-order valence-electron chi connectivity index (χ3n) is 10.1. The van der Waals surface area contributed by atoms with E-state index in [0.717, 1.165) is 18.1 Å². The maximum atomic E-state index is 11.7. The quantitative estimate of drug-likeness (QED) is 0.186. The maximum Gasteiger partial charge on any atom is 0.119 e. The fraction of sp³-hybridized carbons (Fsp3) is 0.636. The normalized spacial score (nSPS) is 32.5. The van der Waals surface area contributed by atoms with Crippen LogP contribution in [-0.2, 0) is 21.3 Å². The predicted molar refractivity (Wildman–Crippen MR) is 160 cm³/mol. The molecule has 2 aromatic carbocycles. The summed E-state index contributed by atoms with van der Waals surface area (Å²) in [4.78, 5) is 0. The van der Waals surface area contributed by atoms with Crippen LogP contribution in [0.5, 0.6) is 5.75 Å². The van der Waals surface area contributed by atoms with Gasteiger partial charge in [-0.2, -0.15) is 0 Å². The molecular weight excluding hydrogens is 576 g/mol. The van der Waals surface area contributed by atoms with Crippen molar-refractivity contribution in [1.29, 1.82) is 0 Å². The van der Waals surface area contributed by atoms with Crippen LogP contribution in [0.2, 0.25) is 5.02 Å². The van der Waals surface area contributed by atoms with Gasteiger partial charge in [0.25, 0.3) is 0 Å². The minimum atomic E-state index is -1.75. The van der Waals surface area contributed by atoms with Crippen molar-refractivity contribution in [3.63, 3.8) is 0 Å². The van der Waals surface area contributed by atoms with E-state index in [2.05, 4.69) is 0 Å². The van der Waals surface area contributed by atoms with E-state index in [1.165, 1.54) is 33.1 Å². The molecule has 10 heteroatoms. The number of halogens is 1. The van der Waals surface area contributed by atoms with Crippen LogP contribution in [-0.4, -0.2) is 99.8 Å². The highest BCUT2D eigenvalue weighted by Crippen LogP contribution is 2.63. The predicted octanol–water partition coefficient (Wildman–Crippen LogP) is 2.36. The monoisotopic (exact) mass is 620 g/mol. The van der Waals surface area contributed by atoms with Gasteiger partial charge in [-0.15, -0.1) is 0 Å². The number of fused-ring (bicyclic) bond motifs is 2. The number of benzene rings is 2. The Bertz CT molecular complexity index is 1230. The number of hydrogen-bond donors (Lipinski definition) is 6. The van der Waals surface area contributed by atoms with Crippen molar-refractivity contribution < 1.29 is 44.8 Å². The lowest BCUT2D eigenvalue weighted by Gasteiger charge is -2.56. The third kappa shape index (κ3) is 5.85. The average Bonchev–Trinajstić information content (AvgIpc) is 3.16. The Morgan fingerprint density at radius 1 is 0.884 bits per heavy atom. The van der Waals surface area contributed by atoms with E-state index in [1.807, 2.05) is 24.3 Å². The second-order valence-corrected chi connectivity index (χ2v) is 13.4. The van der Waals surface area contributed by atoms with Gasteiger partial charge in [-0.3, -0.25) is 0 Å². The molecule has 0 radical (unpaired) electrons. The number of aliphatic hydroxyl groups is 6. The molecule has 0 aromatic heterocycles. The summed E-state index contributed by atoms with van der Waals surface area (Å²) < 4.78 is 17.0. The molecule has 3 aliphatic rings. The number of rotatable bonds is 13. The minimum absolute atomic E-state index is 0.217. The molecule has 2 unspecified atom stereocenters. The smallest absolute Gasteiger partial charge is 0.119 e. The van der Waals surface area contributed by atoms with Crippen LogP contribution in [0, 0.1) is 11.3 Å². The molecule has 43 heavy (non-hydrogen) atoms. The van der Waals surface area contributed by atoms with E-state index >= 15 is 0 Å². The first-order chi connectivity index (χ1) is 20.4. The van der Waals surface area contributed by atoms with Crippen LogP contribution in [0.25, 0.3) is 0 Å². The van der Waals surface area contributed by atoms with E-state index in [0.29, 0.717) is 54.7 Å². The largest absolute Gasteiger partial charge is 0.491 e. The standard InChI is InChI=1S/C33H45ClO9/c1-31(2,40)32-18-26(35)33(30(32)39,29(38)27(36)28(32)37)23-8-11-25(34)22(17-23)16-20-6-9-24(10-7-20)43-15-14-41-12-13-42-19-21-4-3-5-21/h6-11,17,21,26-30,35-40H,3-5,12-16,18-19H2,1-2H3/t26?,27-,28-,29+,30?,32-,33-/m1/s1. The molecule has 238 valence electrons. The molecule has 7 atom stereocenters. The first-order valence-electron chi connectivity index (χ1n) is 15.2. The summed E-state index contributed by atoms with van der Waals surface area (Å²) in [6, 6.07) is 12.5. The van der Waals surface area contributed by atoms with Crippen molar-refractivity contribution >= 4 is 11.6 Å². The topological polar surface area (TPSA) is 149 Å². The molecular formula is C33H45ClO9. The van der Waals surface area contributed by atoms with Gasteiger partial charge >= 0.3 is 0 Å². The molecule has 5 rings (SSSR count). The Morgan fingerprint density at radius 3 is 2.21 bits per heavy atom. The zero-order chi connectivity index (χ0) is 31.0. The molecule has 0 amide bonds. The van der Waals surface area contributed by atoms with E-state index in [-0.39, 0.29) is 6.42 Å². The number of aliphatic hydroxyl groups excluding tert-OH is 5. The second-order valence-electron chi connectivity index (χ2n) is 13.0. The lowest BCUT2D eigenvalue weighted by Crippen LogP contribution is -2.72. The summed E-state index contributed by atoms with van der Waals surface area (Å²) in [6.07, 6.45) is -3.91. The lowest BCUT2D eigenvalue weighted by molar-refractivity contribution is -0.254. The van der Waals surface area contributed by atoms with Gasteiger partial charge in [-0.25, -0.2) is 0 Å². The van der Waals surface area contributed by atoms with E-state index in [1.54, 1.807) is 18.2 Å². The molecule has 0 spiro atoms. The summed E-state index contributed by atoms with van der Waals surface area (Å²) >= 11 is 6.57. The average molecular weight is 621 g/mol. The molecule has 2 aromatic rings. The van der Waals surface area contributed by atoms with Crippen molar-refractivity contribution in [3.05, 3.63) is 64.2 Å². The Kier molecular flexibility index (Phi) is 9.78. The van der Waals surface area contributed by atoms with Gasteiger partial charge in [-0.1, -0.05) is 42.3 Å². The van der Waals surface area contributed by atoms with E-state index in [4.69, 9.17) is 25.8 Å². The van der Waals surface area contributed by atoms with Crippen LogP contribution in [0.4, 0.5) is 0 Å². The summed E-state index contributed by atoms with van der Waals surface area (Å²) in [5.41, 5.74) is -3.12. The Morgan fingerprint density at radius 2 is 1.56 bits per heavy atom. The fourth-order valence-corrected chi connectivity index (χ4v) is 7.51. The van der Waals surface area contributed by atoms with Crippen molar-refractivity contribution in [3.8, 4) is 5.75 Å². The van der Waals surface area contributed by atoms with Gasteiger partial charge in [0.15, 0.2) is 0 Å². The maximum absolute atomic E-state index is 11.7. The van der Waals surface area contributed by atoms with Crippen molar-refractivity contribution in [2.24, 2.45) is 11.3 Å². The Hall–Kier alpha value is -1.79. The molecule has 3 saturated carbocycles. The highest BCUT2D eigenvalue weighted by Gasteiger charge is 2.77. The number of hydrogen-bond acceptors (Lipinski definition) is 9. The fourth-order valence-electron chi connectivity index (χ4n) is 7.33. The highest BCUT2D eigenvalue weighted by atomic mass is 35.5. The van der Waals surface area contributed by atoms with Gasteiger partial charge in [-0.05, 0) is 80.3 Å². The molecule has 9 nitrogen and oxygen atoms in total. The van der Waals surface area contributed by atoms with Crippen LogP contribution in [0.3, 0.4) is 0 Å². The van der Waals surface area contributed by atoms with E-state index < -0.39 is 47.0 Å². The van der Waals surface area contributed by atoms with Crippen LogP contribution < -0.4 is 4.74 Å². The molecule has 6 N–H and O–H groups in total. The van der Waals surface area contributed by atoms with Gasteiger partial charge in [0.05, 0.1) is 60.7 Å². The van der Waals surface area contributed by atoms with Crippen molar-refractivity contribution in [2.45, 2.75) is 87.5 Å². The Balaban J connectivity index is 1.23. The molecule has 0 aliphatic heterocycles. The first kappa shape index (κ1) is 32.6. The van der Waals surface area contributed by atoms with Crippen LogP contribution in [0.1, 0.15) is 56.2 Å². The van der Waals surface area contributed by atoms with E-state index in [9.17, 15) is 30.6 Å². The van der Waals surface area contributed by atoms with Crippen molar-refractivity contribution in [1.82, 2.24) is 0 Å². The molecule has 0 heterocycles. The van der Waals surface area contributed by atoms with Gasteiger partial charge < -0.3 is 44.8 Å². The molecule has 2 bridgehead atoms. The zero-order valence-electron chi connectivity index (χ0n) is 24.9. The van der Waals surface area contributed by atoms with Gasteiger partial charge in [0.2, 0.25) is 0 Å². The summed E-state index contributed by atoms with van der Waals surface area (Å²) in [7, 11) is 0. The molecule has 3 fully saturated rings. The zero-order valence-corrected chi connectivity index (χ0v) is 25.6. The van der Waals surface area contributed by atoms with Gasteiger partial charge in [0.1, 0.15) is 18.5 Å². The number of ether oxygens (including phenoxy) is 3. The second kappa shape index (κ2) is 12.9. The minimum Gasteiger partial charge on any atom is -0.491 e. The third-order valence-corrected chi connectivity index (χ3v) is 10.5. The van der Waals surface area contributed by atoms with Crippen LogP contribution in [0.15, 0.2) is 42.5 Å². The van der Waals surface area contributed by atoms with Gasteiger partial charge in [0, 0.05) is 11.6 Å². The van der Waals surface area contributed by atoms with Crippen molar-refractivity contribution in [2.75, 3.05) is 33.0 Å². The summed E-state index contributed by atoms with van der Waals surface area (Å²) in [5, 5.41) is 67.6. The summed E-state index contributed by atoms with van der Waals surface area (Å²) in [6.45, 7) is 5.68. The Labute approximate surface area is 258 Å². The SMILES string of the molecule is CC(C)(O)[C@@]12CC(O)[C@@](c3ccc(Cl)c(Cc4ccc(OCCOCCOCC5CCC5)cc4)c3)(C1O)[C@@H](O)[C@H](O)[C@H]2O. The molecule has 0 saturated heterocycles. The molecule has 3 aliphatic carbocycles. The van der Waals surface area contributed by atoms with Crippen LogP contribution >= 0.6 is 11.6 Å². The lowest BCUT2D eigenvalue weighted by atomic mass is 9.55.